The number of amides is 2. The summed E-state index contributed by atoms with van der Waals surface area (Å²) >= 11 is 0. The number of pyridine rings is 1. The van der Waals surface area contributed by atoms with Crippen molar-refractivity contribution in [3.05, 3.63) is 33.1 Å². The minimum atomic E-state index is -3.64. The van der Waals surface area contributed by atoms with Gasteiger partial charge in [0.25, 0.3) is 0 Å². The van der Waals surface area contributed by atoms with Crippen LogP contribution in [0.3, 0.4) is 0 Å². The van der Waals surface area contributed by atoms with E-state index in [1.54, 1.807) is 0 Å². The molecule has 0 aromatic carbocycles. The van der Waals surface area contributed by atoms with Crippen molar-refractivity contribution in [2.45, 2.75) is 58.3 Å². The summed E-state index contributed by atoms with van der Waals surface area (Å²) in [6.07, 6.45) is 5.73. The number of urea groups is 1. The van der Waals surface area contributed by atoms with Crippen LogP contribution in [0.4, 0.5) is 10.5 Å². The number of nitrogens with one attached hydrogen (secondary N) is 1. The van der Waals surface area contributed by atoms with Crippen molar-refractivity contribution in [2.75, 3.05) is 18.5 Å². The molecular formula is C20H28N6O3S. The summed E-state index contributed by atoms with van der Waals surface area (Å²) < 4.78 is 22.4. The third-order valence-corrected chi connectivity index (χ3v) is 7.08. The van der Waals surface area contributed by atoms with E-state index in [0.717, 1.165) is 66.7 Å². The van der Waals surface area contributed by atoms with Crippen molar-refractivity contribution in [1.29, 1.82) is 0 Å². The van der Waals surface area contributed by atoms with Crippen molar-refractivity contribution in [2.24, 2.45) is 20.2 Å². The number of fused-ring (bicyclic) bond motifs is 1. The van der Waals surface area contributed by atoms with Crippen LogP contribution in [0.5, 0.6) is 0 Å². The fraction of sp³-hybridized carbons (Fsp3) is 0.550. The Morgan fingerprint density at radius 3 is 2.70 bits per heavy atom. The van der Waals surface area contributed by atoms with Gasteiger partial charge in [-0.05, 0) is 57.1 Å². The third kappa shape index (κ3) is 4.06. The van der Waals surface area contributed by atoms with Crippen molar-refractivity contribution in [3.63, 3.8) is 0 Å². The Morgan fingerprint density at radius 2 is 2.07 bits per heavy atom. The van der Waals surface area contributed by atoms with E-state index < -0.39 is 15.9 Å². The zero-order valence-electron chi connectivity index (χ0n) is 17.4. The molecule has 5 N–H and O–H groups in total. The van der Waals surface area contributed by atoms with Crippen molar-refractivity contribution in [1.82, 2.24) is 4.98 Å². The smallest absolute Gasteiger partial charge is 0.354 e. The molecule has 1 aromatic heterocycles. The van der Waals surface area contributed by atoms with E-state index in [2.05, 4.69) is 14.7 Å². The quantitative estimate of drug-likeness (QED) is 0.669. The van der Waals surface area contributed by atoms with Gasteiger partial charge in [0.15, 0.2) is 9.92 Å². The van der Waals surface area contributed by atoms with Gasteiger partial charge in [-0.3, -0.25) is 9.98 Å². The van der Waals surface area contributed by atoms with Crippen LogP contribution >= 0.6 is 0 Å². The Kier molecular flexibility index (Phi) is 5.54. The van der Waals surface area contributed by atoms with E-state index in [4.69, 9.17) is 20.6 Å². The number of aliphatic imine (C=N–C) groups is 1. The molecule has 162 valence electrons. The summed E-state index contributed by atoms with van der Waals surface area (Å²) in [5, 5.41) is 8.81. The monoisotopic (exact) mass is 432 g/mol. The molecular weight excluding hydrogens is 404 g/mol. The van der Waals surface area contributed by atoms with Crippen molar-refractivity contribution >= 4 is 27.5 Å². The molecule has 1 fully saturated rings. The SMILES string of the molecule is C/C(N)=C(/C1=NCCCO1)S(N)(=O)=NC(=O)Nc1c(C)c(C2CC2)nc2c1CCC2. The van der Waals surface area contributed by atoms with Gasteiger partial charge in [0, 0.05) is 36.0 Å². The van der Waals surface area contributed by atoms with E-state index in [9.17, 15) is 9.00 Å². The van der Waals surface area contributed by atoms with Gasteiger partial charge in [0.1, 0.15) is 4.91 Å². The molecule has 0 spiro atoms. The molecule has 0 bridgehead atoms. The Morgan fingerprint density at radius 1 is 1.30 bits per heavy atom. The normalized spacial score (nSPS) is 21.0. The largest absolute Gasteiger partial charge is 0.477 e. The average molecular weight is 433 g/mol. The Bertz CT molecular complexity index is 1080. The number of anilines is 1. The summed E-state index contributed by atoms with van der Waals surface area (Å²) in [5.74, 6) is 0.556. The van der Waals surface area contributed by atoms with Gasteiger partial charge >= 0.3 is 6.03 Å². The zero-order chi connectivity index (χ0) is 21.5. The first-order chi connectivity index (χ1) is 14.3. The highest BCUT2D eigenvalue weighted by Crippen LogP contribution is 2.44. The van der Waals surface area contributed by atoms with Gasteiger partial charge in [0.2, 0.25) is 5.90 Å². The first-order valence-electron chi connectivity index (χ1n) is 10.3. The molecule has 0 radical (unpaired) electrons. The Labute approximate surface area is 176 Å². The number of nitrogens with two attached hydrogens (primary N) is 2. The van der Waals surface area contributed by atoms with E-state index >= 15 is 0 Å². The van der Waals surface area contributed by atoms with E-state index in [1.807, 2.05) is 6.92 Å². The molecule has 2 heterocycles. The molecule has 30 heavy (non-hydrogen) atoms. The van der Waals surface area contributed by atoms with Crippen LogP contribution in [0, 0.1) is 6.92 Å². The van der Waals surface area contributed by atoms with Crippen molar-refractivity contribution < 1.29 is 13.7 Å². The average Bonchev–Trinajstić information content (AvgIpc) is 3.41. The highest BCUT2D eigenvalue weighted by atomic mass is 32.2. The number of carbonyl (C=O) groups is 1. The maximum atomic E-state index is 13.2. The lowest BCUT2D eigenvalue weighted by Gasteiger charge is -2.18. The summed E-state index contributed by atoms with van der Waals surface area (Å²) in [6, 6.07) is -0.775. The number of ether oxygens (including phenoxy) is 1. The van der Waals surface area contributed by atoms with Gasteiger partial charge in [-0.25, -0.2) is 14.1 Å². The predicted molar refractivity (Wildman–Crippen MR) is 117 cm³/mol. The van der Waals surface area contributed by atoms with Gasteiger partial charge in [-0.2, -0.15) is 0 Å². The molecule has 1 atom stereocenters. The second-order valence-corrected chi connectivity index (χ2v) is 9.77. The second kappa shape index (κ2) is 7.99. The standard InChI is InChI=1S/C20H28N6O3S/c1-11-16(13-7-8-13)24-15-6-3-5-14(15)17(11)25-20(27)26-30(22,28)18(12(2)21)19-23-9-4-10-29-19/h13H,3-10,21H2,1-2H3,(H3,22,24,25,26,27,28)/b18-12+. The van der Waals surface area contributed by atoms with Gasteiger partial charge < -0.3 is 15.8 Å². The minimum absolute atomic E-state index is 0.0206. The number of allylic oxidation sites excluding steroid dienone is 1. The van der Waals surface area contributed by atoms with Crippen LogP contribution in [0.1, 0.15) is 61.0 Å². The molecule has 2 aliphatic carbocycles. The fourth-order valence-corrected chi connectivity index (χ4v) is 5.27. The fourth-order valence-electron chi connectivity index (χ4n) is 4.05. The third-order valence-electron chi connectivity index (χ3n) is 5.56. The lowest BCUT2D eigenvalue weighted by Crippen LogP contribution is -2.29. The number of hydrogen-bond donors (Lipinski definition) is 3. The summed E-state index contributed by atoms with van der Waals surface area (Å²) in [5.41, 5.74) is 10.9. The lowest BCUT2D eigenvalue weighted by molar-refractivity contribution is 0.260. The summed E-state index contributed by atoms with van der Waals surface area (Å²) in [7, 11) is -3.64. The van der Waals surface area contributed by atoms with Gasteiger partial charge in [-0.1, -0.05) is 0 Å². The van der Waals surface area contributed by atoms with Crippen LogP contribution in [0.15, 0.2) is 20.0 Å². The number of nitrogens with zero attached hydrogens (tertiary/aromatic N) is 3. The molecule has 3 aliphatic rings. The Balaban J connectivity index is 1.67. The molecule has 9 nitrogen and oxygen atoms in total. The second-order valence-electron chi connectivity index (χ2n) is 8.04. The number of rotatable bonds is 4. The predicted octanol–water partition coefficient (Wildman–Crippen LogP) is 2.64. The van der Waals surface area contributed by atoms with Crippen LogP contribution in [0.2, 0.25) is 0 Å². The van der Waals surface area contributed by atoms with Crippen LogP contribution in [-0.4, -0.2) is 34.3 Å². The van der Waals surface area contributed by atoms with E-state index in [1.165, 1.54) is 6.92 Å². The molecule has 4 rings (SSSR count). The van der Waals surface area contributed by atoms with Gasteiger partial charge in [-0.15, -0.1) is 4.36 Å². The van der Waals surface area contributed by atoms with Crippen LogP contribution in [0.25, 0.3) is 0 Å². The summed E-state index contributed by atoms with van der Waals surface area (Å²) in [6.45, 7) is 4.44. The van der Waals surface area contributed by atoms with E-state index in [-0.39, 0.29) is 16.5 Å². The topological polar surface area (TPSA) is 145 Å². The molecule has 2 amide bonds. The maximum absolute atomic E-state index is 13.2. The van der Waals surface area contributed by atoms with Gasteiger partial charge in [0.05, 0.1) is 12.3 Å². The molecule has 1 aliphatic heterocycles. The maximum Gasteiger partial charge on any atom is 0.354 e. The number of aryl methyl sites for hydroxylation is 1. The number of carbonyl (C=O) groups excluding carboxylic acids is 1. The first-order valence-corrected chi connectivity index (χ1v) is 11.9. The number of hydrogen-bond acceptors (Lipinski definition) is 6. The molecule has 1 saturated carbocycles. The molecule has 1 aromatic rings. The van der Waals surface area contributed by atoms with Crippen LogP contribution in [-0.2, 0) is 27.5 Å². The minimum Gasteiger partial charge on any atom is -0.477 e. The number of aromatic nitrogens is 1. The Hall–Kier alpha value is -2.46. The summed E-state index contributed by atoms with van der Waals surface area (Å²) in [4.78, 5) is 21.8. The first kappa shape index (κ1) is 20.8. The molecule has 10 heteroatoms. The lowest BCUT2D eigenvalue weighted by atomic mass is 10.0. The van der Waals surface area contributed by atoms with E-state index in [0.29, 0.717) is 19.1 Å². The molecule has 0 saturated heterocycles. The highest BCUT2D eigenvalue weighted by molar-refractivity contribution is 7.96. The zero-order valence-corrected chi connectivity index (χ0v) is 18.2. The van der Waals surface area contributed by atoms with Crippen molar-refractivity contribution in [3.8, 4) is 0 Å². The highest BCUT2D eigenvalue weighted by Gasteiger charge is 2.31. The van der Waals surface area contributed by atoms with Crippen LogP contribution < -0.4 is 16.2 Å². The molecule has 1 unspecified atom stereocenters.